The lowest BCUT2D eigenvalue weighted by Gasteiger charge is -2.20. The van der Waals surface area contributed by atoms with E-state index in [1.165, 1.54) is 12.1 Å². The van der Waals surface area contributed by atoms with Gasteiger partial charge in [-0.05, 0) is 24.1 Å². The minimum atomic E-state index is -1.72. The highest BCUT2D eigenvalue weighted by Crippen LogP contribution is 2.10. The van der Waals surface area contributed by atoms with Gasteiger partial charge in [0.15, 0.2) is 0 Å². The van der Waals surface area contributed by atoms with Gasteiger partial charge in [0.05, 0.1) is 25.4 Å². The molecule has 0 saturated heterocycles. The number of carbonyl (C=O) groups is 6. The molecule has 0 spiro atoms. The topological polar surface area (TPSA) is 251 Å². The smallest absolute Gasteiger partial charge is 0.326 e. The predicted molar refractivity (Wildman–Crippen MR) is 110 cm³/mol. The number of hydrogen-bond donors (Lipinski definition) is 8. The maximum atomic E-state index is 12.3. The largest absolute Gasteiger partial charge is 0.508 e. The quantitative estimate of drug-likeness (QED) is 0.144. The zero-order valence-electron chi connectivity index (χ0n) is 17.3. The summed E-state index contributed by atoms with van der Waals surface area (Å²) in [4.78, 5) is 69.5. The number of carboxylic acid groups (broad SMARTS) is 2. The molecule has 0 aromatic heterocycles. The van der Waals surface area contributed by atoms with E-state index >= 15 is 0 Å². The zero-order chi connectivity index (χ0) is 25.1. The van der Waals surface area contributed by atoms with Gasteiger partial charge in [0, 0.05) is 0 Å². The SMILES string of the molecule is NC(=O)CC(NC(=O)C(CC(=O)O)NC(=O)CNC(=O)C(N)Cc1ccc(O)cc1)C(=O)O. The van der Waals surface area contributed by atoms with Gasteiger partial charge in [0.2, 0.25) is 23.6 Å². The molecule has 14 heteroatoms. The van der Waals surface area contributed by atoms with Crippen LogP contribution in [-0.4, -0.2) is 75.6 Å². The van der Waals surface area contributed by atoms with Gasteiger partial charge in [-0.3, -0.25) is 24.0 Å². The molecule has 0 heterocycles. The first-order valence-electron chi connectivity index (χ1n) is 9.52. The third-order valence-corrected chi connectivity index (χ3v) is 4.20. The predicted octanol–water partition coefficient (Wildman–Crippen LogP) is -3.22. The van der Waals surface area contributed by atoms with Crippen LogP contribution in [0, 0.1) is 0 Å². The van der Waals surface area contributed by atoms with Crippen LogP contribution in [-0.2, 0) is 35.2 Å². The summed E-state index contributed by atoms with van der Waals surface area (Å²) >= 11 is 0. The number of amides is 4. The van der Waals surface area contributed by atoms with E-state index in [9.17, 15) is 33.9 Å². The fourth-order valence-electron chi connectivity index (χ4n) is 2.58. The standard InChI is InChI=1S/C19H25N5O9/c20-11(5-9-1-3-10(25)4-2-9)17(30)22-8-15(27)23-12(7-16(28)29)18(31)24-13(19(32)33)6-14(21)26/h1-4,11-13,25H,5-8,20H2,(H2,21,26)(H,22,30)(H,23,27)(H,24,31)(H,28,29)(H,32,33). The van der Waals surface area contributed by atoms with Crippen molar-refractivity contribution in [3.8, 4) is 5.75 Å². The molecular formula is C19H25N5O9. The lowest BCUT2D eigenvalue weighted by atomic mass is 10.1. The second kappa shape index (κ2) is 12.6. The van der Waals surface area contributed by atoms with Crippen molar-refractivity contribution in [3.63, 3.8) is 0 Å². The molecule has 4 amide bonds. The van der Waals surface area contributed by atoms with Crippen LogP contribution in [0.15, 0.2) is 24.3 Å². The van der Waals surface area contributed by atoms with Crippen LogP contribution in [0.4, 0.5) is 0 Å². The van der Waals surface area contributed by atoms with E-state index in [1.807, 2.05) is 5.32 Å². The van der Waals surface area contributed by atoms with Crippen molar-refractivity contribution >= 4 is 35.6 Å². The number of aromatic hydroxyl groups is 1. The van der Waals surface area contributed by atoms with E-state index in [0.717, 1.165) is 0 Å². The number of benzene rings is 1. The van der Waals surface area contributed by atoms with Crippen molar-refractivity contribution in [1.29, 1.82) is 0 Å². The Kier molecular flexibility index (Phi) is 10.3. The summed E-state index contributed by atoms with van der Waals surface area (Å²) in [6.45, 7) is -0.644. The molecule has 0 fully saturated rings. The van der Waals surface area contributed by atoms with Gasteiger partial charge in [0.25, 0.3) is 0 Å². The third-order valence-electron chi connectivity index (χ3n) is 4.20. The number of phenols is 1. The van der Waals surface area contributed by atoms with Crippen LogP contribution in [0.2, 0.25) is 0 Å². The molecule has 1 aromatic carbocycles. The molecule has 0 aliphatic heterocycles. The second-order valence-corrected chi connectivity index (χ2v) is 6.98. The normalized spacial score (nSPS) is 13.1. The molecule has 0 radical (unpaired) electrons. The van der Waals surface area contributed by atoms with Crippen LogP contribution < -0.4 is 27.4 Å². The number of rotatable bonds is 13. The number of nitrogens with two attached hydrogens (primary N) is 2. The Balaban J connectivity index is 2.66. The highest BCUT2D eigenvalue weighted by molar-refractivity contribution is 5.95. The van der Waals surface area contributed by atoms with Crippen LogP contribution >= 0.6 is 0 Å². The number of aliphatic carboxylic acids is 2. The van der Waals surface area contributed by atoms with E-state index in [-0.39, 0.29) is 12.2 Å². The minimum absolute atomic E-state index is 0.0395. The first-order chi connectivity index (χ1) is 15.4. The summed E-state index contributed by atoms with van der Waals surface area (Å²) in [5.41, 5.74) is 11.3. The summed E-state index contributed by atoms with van der Waals surface area (Å²) in [6.07, 6.45) is -1.53. The Hall–Kier alpha value is -4.20. The Morgan fingerprint density at radius 1 is 0.879 bits per heavy atom. The van der Waals surface area contributed by atoms with E-state index in [1.54, 1.807) is 12.1 Å². The van der Waals surface area contributed by atoms with Gasteiger partial charge < -0.3 is 42.7 Å². The molecular weight excluding hydrogens is 442 g/mol. The van der Waals surface area contributed by atoms with Gasteiger partial charge >= 0.3 is 11.9 Å². The summed E-state index contributed by atoms with van der Waals surface area (Å²) in [5.74, 6) is -6.86. The van der Waals surface area contributed by atoms with Gasteiger partial charge in [-0.2, -0.15) is 0 Å². The second-order valence-electron chi connectivity index (χ2n) is 6.98. The van der Waals surface area contributed by atoms with Crippen LogP contribution in [0.3, 0.4) is 0 Å². The van der Waals surface area contributed by atoms with Crippen LogP contribution in [0.1, 0.15) is 18.4 Å². The number of carbonyl (C=O) groups excluding carboxylic acids is 4. The van der Waals surface area contributed by atoms with E-state index < -0.39 is 73.1 Å². The molecule has 0 saturated carbocycles. The van der Waals surface area contributed by atoms with Crippen molar-refractivity contribution < 1.29 is 44.1 Å². The van der Waals surface area contributed by atoms with E-state index in [4.69, 9.17) is 21.7 Å². The monoisotopic (exact) mass is 467 g/mol. The molecule has 33 heavy (non-hydrogen) atoms. The number of nitrogens with one attached hydrogen (secondary N) is 3. The summed E-state index contributed by atoms with van der Waals surface area (Å²) in [6, 6.07) is 1.51. The molecule has 0 aliphatic carbocycles. The van der Waals surface area contributed by atoms with Crippen LogP contribution in [0.25, 0.3) is 0 Å². The number of phenolic OH excluding ortho intramolecular Hbond substituents is 1. The molecule has 10 N–H and O–H groups in total. The summed E-state index contributed by atoms with van der Waals surface area (Å²) < 4.78 is 0. The first kappa shape index (κ1) is 26.8. The average molecular weight is 467 g/mol. The van der Waals surface area contributed by atoms with E-state index in [0.29, 0.717) is 5.56 Å². The van der Waals surface area contributed by atoms with Crippen molar-refractivity contribution in [2.75, 3.05) is 6.54 Å². The average Bonchev–Trinajstić information content (AvgIpc) is 2.71. The van der Waals surface area contributed by atoms with Crippen molar-refractivity contribution in [3.05, 3.63) is 29.8 Å². The first-order valence-corrected chi connectivity index (χ1v) is 9.52. The van der Waals surface area contributed by atoms with E-state index in [2.05, 4.69) is 10.6 Å². The molecule has 3 atom stereocenters. The molecule has 14 nitrogen and oxygen atoms in total. The van der Waals surface area contributed by atoms with Crippen LogP contribution in [0.5, 0.6) is 5.75 Å². The van der Waals surface area contributed by atoms with Gasteiger partial charge in [-0.15, -0.1) is 0 Å². The van der Waals surface area contributed by atoms with Crippen molar-refractivity contribution in [2.24, 2.45) is 11.5 Å². The third kappa shape index (κ3) is 10.1. The summed E-state index contributed by atoms with van der Waals surface area (Å²) in [5, 5.41) is 33.5. The number of hydrogen-bond acceptors (Lipinski definition) is 8. The Labute approximate surface area is 187 Å². The highest BCUT2D eigenvalue weighted by atomic mass is 16.4. The lowest BCUT2D eigenvalue weighted by molar-refractivity contribution is -0.144. The van der Waals surface area contributed by atoms with Crippen molar-refractivity contribution in [2.45, 2.75) is 37.4 Å². The number of primary amides is 1. The van der Waals surface area contributed by atoms with Gasteiger partial charge in [-0.1, -0.05) is 12.1 Å². The molecule has 3 unspecified atom stereocenters. The Bertz CT molecular complexity index is 903. The summed E-state index contributed by atoms with van der Waals surface area (Å²) in [7, 11) is 0. The molecule has 1 aromatic rings. The molecule has 0 aliphatic rings. The molecule has 180 valence electrons. The highest BCUT2D eigenvalue weighted by Gasteiger charge is 2.29. The Morgan fingerprint density at radius 2 is 1.48 bits per heavy atom. The Morgan fingerprint density at radius 3 is 2.00 bits per heavy atom. The van der Waals surface area contributed by atoms with Crippen molar-refractivity contribution in [1.82, 2.24) is 16.0 Å². The fourth-order valence-corrected chi connectivity index (χ4v) is 2.58. The number of carboxylic acids is 2. The maximum absolute atomic E-state index is 12.3. The van der Waals surface area contributed by atoms with Gasteiger partial charge in [0.1, 0.15) is 17.8 Å². The fraction of sp³-hybridized carbons (Fsp3) is 0.368. The zero-order valence-corrected chi connectivity index (χ0v) is 17.3. The molecule has 1 rings (SSSR count). The lowest BCUT2D eigenvalue weighted by Crippen LogP contribution is -2.54. The molecule has 0 bridgehead atoms. The minimum Gasteiger partial charge on any atom is -0.508 e. The maximum Gasteiger partial charge on any atom is 0.326 e. The van der Waals surface area contributed by atoms with Gasteiger partial charge in [-0.25, -0.2) is 4.79 Å².